The largest absolute Gasteiger partial charge is 0.494 e. The number of methoxy groups -OCH3 is 1. The fourth-order valence-corrected chi connectivity index (χ4v) is 4.14. The Kier molecular flexibility index (Phi) is 7.07. The van der Waals surface area contributed by atoms with Gasteiger partial charge in [0.15, 0.2) is 33.0 Å². The van der Waals surface area contributed by atoms with Gasteiger partial charge in [0.05, 0.1) is 26.8 Å². The van der Waals surface area contributed by atoms with E-state index < -0.39 is 45.0 Å². The topological polar surface area (TPSA) is 82.1 Å². The van der Waals surface area contributed by atoms with E-state index in [2.05, 4.69) is 0 Å². The molecular formula is C23H26F3NO6S. The van der Waals surface area contributed by atoms with E-state index in [0.717, 1.165) is 6.26 Å². The van der Waals surface area contributed by atoms with Gasteiger partial charge in [-0.1, -0.05) is 20.8 Å². The van der Waals surface area contributed by atoms with Crippen molar-refractivity contribution < 1.29 is 40.6 Å². The molecule has 2 aromatic rings. The van der Waals surface area contributed by atoms with E-state index in [9.17, 15) is 26.4 Å². The second-order valence-corrected chi connectivity index (χ2v) is 11.2. The number of nitrogens with zero attached hydrogens (tertiary/aromatic N) is 1. The van der Waals surface area contributed by atoms with Crippen LogP contribution in [0.25, 0.3) is 0 Å². The van der Waals surface area contributed by atoms with Crippen LogP contribution in [0.3, 0.4) is 0 Å². The summed E-state index contributed by atoms with van der Waals surface area (Å²) in [6.45, 7) is 5.95. The Morgan fingerprint density at radius 1 is 1.09 bits per heavy atom. The average molecular weight is 502 g/mol. The second-order valence-electron chi connectivity index (χ2n) is 9.24. The standard InChI is InChI=1S/C23H26F3NO6S/c1-23(2,3)12-32-17-6-7-18(34(5,29)30)21(31-4)19(17)22(28)27-10-14(11-27)33-20-15(25)8-13(24)9-16(20)26/h6-9,14H,10-12H2,1-5H3. The molecule has 0 bridgehead atoms. The minimum absolute atomic E-state index is 0.0416. The Morgan fingerprint density at radius 2 is 1.68 bits per heavy atom. The van der Waals surface area contributed by atoms with Gasteiger partial charge in [-0.2, -0.15) is 0 Å². The number of amides is 1. The first-order valence-electron chi connectivity index (χ1n) is 10.4. The molecule has 34 heavy (non-hydrogen) atoms. The Labute approximate surface area is 196 Å². The molecule has 1 heterocycles. The van der Waals surface area contributed by atoms with E-state index in [1.165, 1.54) is 24.1 Å². The minimum Gasteiger partial charge on any atom is -0.494 e. The summed E-state index contributed by atoms with van der Waals surface area (Å²) in [4.78, 5) is 14.5. The molecule has 186 valence electrons. The van der Waals surface area contributed by atoms with Gasteiger partial charge >= 0.3 is 0 Å². The zero-order valence-corrected chi connectivity index (χ0v) is 20.3. The Bertz CT molecular complexity index is 1180. The summed E-state index contributed by atoms with van der Waals surface area (Å²) in [6, 6.07) is 3.71. The third-order valence-corrected chi connectivity index (χ3v) is 6.06. The molecule has 0 N–H and O–H groups in total. The van der Waals surface area contributed by atoms with Crippen molar-refractivity contribution in [1.29, 1.82) is 0 Å². The normalized spacial score (nSPS) is 14.5. The van der Waals surface area contributed by atoms with Crippen molar-refractivity contribution >= 4 is 15.7 Å². The lowest BCUT2D eigenvalue weighted by Gasteiger charge is -2.39. The van der Waals surface area contributed by atoms with Crippen molar-refractivity contribution in [2.24, 2.45) is 5.41 Å². The highest BCUT2D eigenvalue weighted by Gasteiger charge is 2.38. The number of carbonyl (C=O) groups excluding carboxylic acids is 1. The maximum Gasteiger partial charge on any atom is 0.261 e. The van der Waals surface area contributed by atoms with Gasteiger partial charge in [0.25, 0.3) is 5.91 Å². The highest BCUT2D eigenvalue weighted by Crippen LogP contribution is 2.38. The van der Waals surface area contributed by atoms with Crippen molar-refractivity contribution in [3.63, 3.8) is 0 Å². The number of hydrogen-bond acceptors (Lipinski definition) is 6. The van der Waals surface area contributed by atoms with E-state index in [1.807, 2.05) is 20.8 Å². The number of sulfone groups is 1. The van der Waals surface area contributed by atoms with E-state index in [0.29, 0.717) is 12.1 Å². The molecule has 1 saturated heterocycles. The smallest absolute Gasteiger partial charge is 0.261 e. The second kappa shape index (κ2) is 9.36. The monoisotopic (exact) mass is 501 g/mol. The van der Waals surface area contributed by atoms with Crippen molar-refractivity contribution in [3.05, 3.63) is 47.3 Å². The predicted molar refractivity (Wildman–Crippen MR) is 118 cm³/mol. The predicted octanol–water partition coefficient (Wildman–Crippen LogP) is 3.84. The number of rotatable bonds is 7. The van der Waals surface area contributed by atoms with Gasteiger partial charge < -0.3 is 19.1 Å². The first-order chi connectivity index (χ1) is 15.7. The molecule has 2 aromatic carbocycles. The van der Waals surface area contributed by atoms with Gasteiger partial charge in [0, 0.05) is 18.4 Å². The minimum atomic E-state index is -3.73. The molecule has 0 aromatic heterocycles. The lowest BCUT2D eigenvalue weighted by Crippen LogP contribution is -2.56. The van der Waals surface area contributed by atoms with E-state index in [1.54, 1.807) is 0 Å². The third kappa shape index (κ3) is 5.57. The molecule has 1 aliphatic heterocycles. The lowest BCUT2D eigenvalue weighted by atomic mass is 9.98. The highest BCUT2D eigenvalue weighted by atomic mass is 32.2. The molecule has 1 fully saturated rings. The van der Waals surface area contributed by atoms with Crippen LogP contribution in [0.4, 0.5) is 13.2 Å². The maximum absolute atomic E-state index is 13.9. The van der Waals surface area contributed by atoms with E-state index >= 15 is 0 Å². The Hall–Kier alpha value is -2.95. The summed E-state index contributed by atoms with van der Waals surface area (Å²) in [5, 5.41) is 0. The summed E-state index contributed by atoms with van der Waals surface area (Å²) in [6.07, 6.45) is 0.245. The van der Waals surface area contributed by atoms with Gasteiger partial charge in [-0.05, 0) is 17.5 Å². The van der Waals surface area contributed by atoms with Gasteiger partial charge in [-0.15, -0.1) is 0 Å². The molecule has 0 spiro atoms. The quantitative estimate of drug-likeness (QED) is 0.574. The van der Waals surface area contributed by atoms with Crippen LogP contribution in [0.1, 0.15) is 31.1 Å². The molecule has 0 unspecified atom stereocenters. The van der Waals surface area contributed by atoms with Gasteiger partial charge in [-0.3, -0.25) is 4.79 Å². The number of benzene rings is 2. The number of hydrogen-bond donors (Lipinski definition) is 0. The third-order valence-electron chi connectivity index (χ3n) is 4.94. The van der Waals surface area contributed by atoms with Gasteiger partial charge in [0.2, 0.25) is 0 Å². The van der Waals surface area contributed by atoms with Crippen molar-refractivity contribution in [3.8, 4) is 17.2 Å². The first kappa shape index (κ1) is 25.7. The number of likely N-dealkylation sites (tertiary alicyclic amines) is 1. The van der Waals surface area contributed by atoms with Gasteiger partial charge in [0.1, 0.15) is 28.1 Å². The average Bonchev–Trinajstić information content (AvgIpc) is 2.67. The fourth-order valence-electron chi connectivity index (χ4n) is 3.30. The Morgan fingerprint density at radius 3 is 2.18 bits per heavy atom. The molecule has 7 nitrogen and oxygen atoms in total. The van der Waals surface area contributed by atoms with Crippen molar-refractivity contribution in [2.75, 3.05) is 33.1 Å². The van der Waals surface area contributed by atoms with Crippen LogP contribution in [-0.4, -0.2) is 58.4 Å². The molecule has 0 aliphatic carbocycles. The lowest BCUT2D eigenvalue weighted by molar-refractivity contribution is 0.0141. The van der Waals surface area contributed by atoms with Gasteiger partial charge in [-0.25, -0.2) is 21.6 Å². The number of halogens is 3. The van der Waals surface area contributed by atoms with Crippen LogP contribution in [0.15, 0.2) is 29.2 Å². The highest BCUT2D eigenvalue weighted by molar-refractivity contribution is 7.90. The molecule has 1 amide bonds. The van der Waals surface area contributed by atoms with Crippen LogP contribution >= 0.6 is 0 Å². The molecule has 0 saturated carbocycles. The first-order valence-corrected chi connectivity index (χ1v) is 12.2. The van der Waals surface area contributed by atoms with Crippen molar-refractivity contribution in [2.45, 2.75) is 31.8 Å². The summed E-state index contributed by atoms with van der Waals surface area (Å²) in [7, 11) is -2.48. The van der Waals surface area contributed by atoms with Crippen LogP contribution in [0.5, 0.6) is 17.2 Å². The number of ether oxygens (including phenoxy) is 3. The SMILES string of the molecule is COc1c(S(C)(=O)=O)ccc(OCC(C)(C)C)c1C(=O)N1CC(Oc2c(F)cc(F)cc2F)C1. The van der Waals surface area contributed by atoms with Crippen molar-refractivity contribution in [1.82, 2.24) is 4.90 Å². The zero-order chi connectivity index (χ0) is 25.4. The van der Waals surface area contributed by atoms with Crippen LogP contribution in [-0.2, 0) is 9.84 Å². The molecule has 3 rings (SSSR count). The van der Waals surface area contributed by atoms with Crippen LogP contribution in [0, 0.1) is 22.9 Å². The van der Waals surface area contributed by atoms with E-state index in [-0.39, 0.29) is 47.1 Å². The van der Waals surface area contributed by atoms with E-state index in [4.69, 9.17) is 14.2 Å². The summed E-state index contributed by atoms with van der Waals surface area (Å²) < 4.78 is 81.7. The summed E-state index contributed by atoms with van der Waals surface area (Å²) >= 11 is 0. The van der Waals surface area contributed by atoms with Crippen LogP contribution < -0.4 is 14.2 Å². The molecule has 0 atom stereocenters. The summed E-state index contributed by atoms with van der Waals surface area (Å²) in [5.41, 5.74) is -0.325. The molecule has 11 heteroatoms. The summed E-state index contributed by atoms with van der Waals surface area (Å²) in [5.74, 6) is -4.79. The van der Waals surface area contributed by atoms with Crippen LogP contribution in [0.2, 0.25) is 0 Å². The number of carbonyl (C=O) groups is 1. The molecular weight excluding hydrogens is 475 g/mol. The zero-order valence-electron chi connectivity index (χ0n) is 19.4. The molecule has 1 aliphatic rings. The maximum atomic E-state index is 13.9. The Balaban J connectivity index is 1.87. The fraction of sp³-hybridized carbons (Fsp3) is 0.435. The molecule has 0 radical (unpaired) electrons.